The van der Waals surface area contributed by atoms with Crippen LogP contribution in [-0.4, -0.2) is 48.8 Å². The van der Waals surface area contributed by atoms with E-state index < -0.39 is 5.82 Å². The summed E-state index contributed by atoms with van der Waals surface area (Å²) in [6, 6.07) is 5.25. The molecule has 1 aliphatic heterocycles. The third-order valence-corrected chi connectivity index (χ3v) is 4.12. The molecule has 136 valence electrons. The molecular formula is C18H24FN3O3. The van der Waals surface area contributed by atoms with E-state index in [0.717, 1.165) is 25.8 Å². The Morgan fingerprint density at radius 2 is 1.76 bits per heavy atom. The van der Waals surface area contributed by atoms with Gasteiger partial charge in [-0.1, -0.05) is 6.42 Å². The van der Waals surface area contributed by atoms with Gasteiger partial charge in [0.2, 0.25) is 11.8 Å². The van der Waals surface area contributed by atoms with Crippen molar-refractivity contribution in [2.75, 3.05) is 26.2 Å². The number of amides is 3. The molecule has 2 N–H and O–H groups in total. The number of hydrogen-bond acceptors (Lipinski definition) is 3. The van der Waals surface area contributed by atoms with Gasteiger partial charge in [-0.2, -0.15) is 0 Å². The number of nitrogens with one attached hydrogen (secondary N) is 2. The maximum atomic E-state index is 12.8. The van der Waals surface area contributed by atoms with Crippen LogP contribution in [0.25, 0.3) is 0 Å². The van der Waals surface area contributed by atoms with E-state index in [-0.39, 0.29) is 30.7 Å². The molecule has 0 unspecified atom stereocenters. The van der Waals surface area contributed by atoms with Gasteiger partial charge in [-0.25, -0.2) is 4.39 Å². The minimum absolute atomic E-state index is 0.122. The van der Waals surface area contributed by atoms with Crippen LogP contribution in [0.2, 0.25) is 0 Å². The molecular weight excluding hydrogens is 325 g/mol. The predicted octanol–water partition coefficient (Wildman–Crippen LogP) is 1.46. The van der Waals surface area contributed by atoms with Crippen molar-refractivity contribution in [3.05, 3.63) is 35.6 Å². The summed E-state index contributed by atoms with van der Waals surface area (Å²) in [4.78, 5) is 37.2. The van der Waals surface area contributed by atoms with Gasteiger partial charge in [-0.15, -0.1) is 0 Å². The van der Waals surface area contributed by atoms with Crippen LogP contribution in [0.5, 0.6) is 0 Å². The summed E-state index contributed by atoms with van der Waals surface area (Å²) in [6.45, 7) is 1.75. The third-order valence-electron chi connectivity index (χ3n) is 4.12. The molecule has 25 heavy (non-hydrogen) atoms. The fourth-order valence-electron chi connectivity index (χ4n) is 2.68. The van der Waals surface area contributed by atoms with Crippen LogP contribution >= 0.6 is 0 Å². The summed E-state index contributed by atoms with van der Waals surface area (Å²) in [5.74, 6) is -0.735. The lowest BCUT2D eigenvalue weighted by Crippen LogP contribution is -2.37. The molecule has 0 saturated carbocycles. The van der Waals surface area contributed by atoms with E-state index >= 15 is 0 Å². The Morgan fingerprint density at radius 3 is 2.52 bits per heavy atom. The molecule has 3 amide bonds. The first kappa shape index (κ1) is 18.9. The average Bonchev–Trinajstić information content (AvgIpc) is 2.81. The zero-order chi connectivity index (χ0) is 18.1. The first-order valence-electron chi connectivity index (χ1n) is 8.64. The summed E-state index contributed by atoms with van der Waals surface area (Å²) in [7, 11) is 0. The van der Waals surface area contributed by atoms with Crippen molar-refractivity contribution in [3.63, 3.8) is 0 Å². The Kier molecular flexibility index (Phi) is 7.37. The van der Waals surface area contributed by atoms with Gasteiger partial charge in [-0.3, -0.25) is 14.4 Å². The Labute approximate surface area is 146 Å². The minimum Gasteiger partial charge on any atom is -0.354 e. The molecule has 0 radical (unpaired) electrons. The van der Waals surface area contributed by atoms with Crippen molar-refractivity contribution >= 4 is 17.7 Å². The maximum Gasteiger partial charge on any atom is 0.251 e. The third kappa shape index (κ3) is 6.52. The second-order valence-electron chi connectivity index (χ2n) is 6.05. The Morgan fingerprint density at radius 1 is 1.04 bits per heavy atom. The lowest BCUT2D eigenvalue weighted by Gasteiger charge is -2.20. The molecule has 0 aliphatic carbocycles. The van der Waals surface area contributed by atoms with Crippen molar-refractivity contribution in [1.29, 1.82) is 0 Å². The SMILES string of the molecule is O=C(CCN1CCCCCC1=O)NCCNC(=O)c1ccc(F)cc1. The molecule has 6 nitrogen and oxygen atoms in total. The smallest absolute Gasteiger partial charge is 0.251 e. The Bertz CT molecular complexity index is 604. The number of halogens is 1. The van der Waals surface area contributed by atoms with E-state index in [2.05, 4.69) is 10.6 Å². The van der Waals surface area contributed by atoms with E-state index in [9.17, 15) is 18.8 Å². The molecule has 1 heterocycles. The van der Waals surface area contributed by atoms with Crippen molar-refractivity contribution in [2.24, 2.45) is 0 Å². The van der Waals surface area contributed by atoms with Crippen molar-refractivity contribution < 1.29 is 18.8 Å². The molecule has 0 aromatic heterocycles. The number of nitrogens with zero attached hydrogens (tertiary/aromatic N) is 1. The van der Waals surface area contributed by atoms with Gasteiger partial charge < -0.3 is 15.5 Å². The van der Waals surface area contributed by atoms with Crippen LogP contribution in [0.3, 0.4) is 0 Å². The standard InChI is InChI=1S/C18H24FN3O3/c19-15-7-5-14(6-8-15)18(25)21-11-10-20-16(23)9-13-22-12-3-1-2-4-17(22)24/h5-8H,1-4,9-13H2,(H,20,23)(H,21,25). The summed E-state index contributed by atoms with van der Waals surface area (Å²) >= 11 is 0. The summed E-state index contributed by atoms with van der Waals surface area (Å²) < 4.78 is 12.8. The summed E-state index contributed by atoms with van der Waals surface area (Å²) in [5.41, 5.74) is 0.368. The molecule has 1 aliphatic rings. The molecule has 7 heteroatoms. The number of likely N-dealkylation sites (tertiary alicyclic amines) is 1. The molecule has 1 fully saturated rings. The number of benzene rings is 1. The van der Waals surface area contributed by atoms with Crippen molar-refractivity contribution in [1.82, 2.24) is 15.5 Å². The first-order chi connectivity index (χ1) is 12.1. The van der Waals surface area contributed by atoms with E-state index in [0.29, 0.717) is 25.1 Å². The number of carbonyl (C=O) groups is 3. The van der Waals surface area contributed by atoms with E-state index in [1.807, 2.05) is 0 Å². The number of hydrogen-bond donors (Lipinski definition) is 2. The average molecular weight is 349 g/mol. The van der Waals surface area contributed by atoms with Crippen LogP contribution in [0, 0.1) is 5.82 Å². The highest BCUT2D eigenvalue weighted by Gasteiger charge is 2.17. The van der Waals surface area contributed by atoms with Gasteiger partial charge in [0.15, 0.2) is 0 Å². The molecule has 1 saturated heterocycles. The highest BCUT2D eigenvalue weighted by molar-refractivity contribution is 5.94. The molecule has 1 aromatic rings. The van der Waals surface area contributed by atoms with Gasteiger partial charge in [0, 0.05) is 44.6 Å². The predicted molar refractivity (Wildman–Crippen MR) is 91.4 cm³/mol. The number of rotatable bonds is 7. The number of carbonyl (C=O) groups excluding carboxylic acids is 3. The van der Waals surface area contributed by atoms with Crippen LogP contribution < -0.4 is 10.6 Å². The second-order valence-corrected chi connectivity index (χ2v) is 6.05. The van der Waals surface area contributed by atoms with Gasteiger partial charge >= 0.3 is 0 Å². The lowest BCUT2D eigenvalue weighted by atomic mass is 10.2. The van der Waals surface area contributed by atoms with Crippen LogP contribution in [0.15, 0.2) is 24.3 Å². The minimum atomic E-state index is -0.397. The fourth-order valence-corrected chi connectivity index (χ4v) is 2.68. The van der Waals surface area contributed by atoms with Gasteiger partial charge in [0.05, 0.1) is 0 Å². The van der Waals surface area contributed by atoms with Crippen LogP contribution in [-0.2, 0) is 9.59 Å². The Hall–Kier alpha value is -2.44. The summed E-state index contributed by atoms with van der Waals surface area (Å²) in [6.07, 6.45) is 3.80. The zero-order valence-electron chi connectivity index (χ0n) is 14.2. The van der Waals surface area contributed by atoms with Crippen LogP contribution in [0.4, 0.5) is 4.39 Å². The van der Waals surface area contributed by atoms with E-state index in [1.165, 1.54) is 24.3 Å². The Balaban J connectivity index is 1.61. The molecule has 0 atom stereocenters. The molecule has 2 rings (SSSR count). The lowest BCUT2D eigenvalue weighted by molar-refractivity contribution is -0.131. The molecule has 0 spiro atoms. The zero-order valence-corrected chi connectivity index (χ0v) is 14.2. The normalized spacial score (nSPS) is 14.8. The second kappa shape index (κ2) is 9.76. The monoisotopic (exact) mass is 349 g/mol. The molecule has 0 bridgehead atoms. The summed E-state index contributed by atoms with van der Waals surface area (Å²) in [5, 5.41) is 5.37. The quantitative estimate of drug-likeness (QED) is 0.732. The largest absolute Gasteiger partial charge is 0.354 e. The van der Waals surface area contributed by atoms with Gasteiger partial charge in [0.1, 0.15) is 5.82 Å². The highest BCUT2D eigenvalue weighted by atomic mass is 19.1. The van der Waals surface area contributed by atoms with E-state index in [1.54, 1.807) is 4.90 Å². The molecule has 1 aromatic carbocycles. The van der Waals surface area contributed by atoms with Gasteiger partial charge in [0.25, 0.3) is 5.91 Å². The topological polar surface area (TPSA) is 78.5 Å². The first-order valence-corrected chi connectivity index (χ1v) is 8.64. The van der Waals surface area contributed by atoms with Gasteiger partial charge in [-0.05, 0) is 37.1 Å². The van der Waals surface area contributed by atoms with E-state index in [4.69, 9.17) is 0 Å². The van der Waals surface area contributed by atoms with Crippen LogP contribution in [0.1, 0.15) is 42.5 Å². The maximum absolute atomic E-state index is 12.8. The van der Waals surface area contributed by atoms with Crippen molar-refractivity contribution in [3.8, 4) is 0 Å². The highest BCUT2D eigenvalue weighted by Crippen LogP contribution is 2.11. The van der Waals surface area contributed by atoms with Crippen molar-refractivity contribution in [2.45, 2.75) is 32.1 Å². The fraction of sp³-hybridized carbons (Fsp3) is 0.500.